The Labute approximate surface area is 112 Å². The van der Waals surface area contributed by atoms with Gasteiger partial charge in [0.2, 0.25) is 0 Å². The van der Waals surface area contributed by atoms with E-state index in [4.69, 9.17) is 23.2 Å². The van der Waals surface area contributed by atoms with Crippen molar-refractivity contribution in [3.63, 3.8) is 0 Å². The highest BCUT2D eigenvalue weighted by atomic mass is 127. The van der Waals surface area contributed by atoms with E-state index in [9.17, 15) is 0 Å². The lowest BCUT2D eigenvalue weighted by molar-refractivity contribution is 1.65. The molecule has 0 aromatic carbocycles. The van der Waals surface area contributed by atoms with Crippen molar-refractivity contribution in [3.05, 3.63) is 24.3 Å². The van der Waals surface area contributed by atoms with Gasteiger partial charge >= 0.3 is 0 Å². The van der Waals surface area contributed by atoms with Gasteiger partial charge in [-0.2, -0.15) is 0 Å². The quantitative estimate of drug-likeness (QED) is 0.350. The van der Waals surface area contributed by atoms with Crippen molar-refractivity contribution in [1.82, 2.24) is 0 Å². The summed E-state index contributed by atoms with van der Waals surface area (Å²) in [5, 5.41) is 0. The molecule has 0 amide bonds. The molecular formula is C8H12Cl2I2. The van der Waals surface area contributed by atoms with Crippen molar-refractivity contribution in [2.45, 2.75) is 0 Å². The van der Waals surface area contributed by atoms with Gasteiger partial charge in [-0.3, -0.25) is 0 Å². The lowest BCUT2D eigenvalue weighted by Gasteiger charge is -1.70. The summed E-state index contributed by atoms with van der Waals surface area (Å²) in [5.41, 5.74) is 0. The first-order chi connectivity index (χ1) is 5.83. The van der Waals surface area contributed by atoms with Crippen LogP contribution in [-0.2, 0) is 0 Å². The zero-order chi connectivity index (χ0) is 9.66. The lowest BCUT2D eigenvalue weighted by atomic mass is 10.6. The maximum atomic E-state index is 5.23. The highest BCUT2D eigenvalue weighted by molar-refractivity contribution is 14.1. The third kappa shape index (κ3) is 22.5. The van der Waals surface area contributed by atoms with Gasteiger partial charge in [-0.1, -0.05) is 69.5 Å². The maximum Gasteiger partial charge on any atom is 0.0404 e. The summed E-state index contributed by atoms with van der Waals surface area (Å²) in [4.78, 5) is 0. The van der Waals surface area contributed by atoms with Crippen LogP contribution in [0.15, 0.2) is 24.3 Å². The first kappa shape index (κ1) is 16.0. The molecule has 0 N–H and O–H groups in total. The Morgan fingerprint density at radius 1 is 0.750 bits per heavy atom. The Balaban J connectivity index is 0. The van der Waals surface area contributed by atoms with E-state index in [1.807, 2.05) is 12.2 Å². The fourth-order valence-electron chi connectivity index (χ4n) is 0.252. The molecule has 0 aliphatic heterocycles. The average molecular weight is 433 g/mol. The molecule has 0 bridgehead atoms. The van der Waals surface area contributed by atoms with Crippen molar-refractivity contribution in [2.75, 3.05) is 20.6 Å². The van der Waals surface area contributed by atoms with Crippen LogP contribution in [0.3, 0.4) is 0 Å². The predicted octanol–water partition coefficient (Wildman–Crippen LogP) is 4.43. The molecule has 0 saturated carbocycles. The number of allylic oxidation sites excluding steroid dienone is 4. The van der Waals surface area contributed by atoms with Crippen LogP contribution in [0.1, 0.15) is 0 Å². The van der Waals surface area contributed by atoms with Gasteiger partial charge in [0.15, 0.2) is 0 Å². The molecular weight excluding hydrogens is 421 g/mol. The first-order valence-corrected chi connectivity index (χ1v) is 7.49. The van der Waals surface area contributed by atoms with Crippen LogP contribution in [0.4, 0.5) is 0 Å². The Kier molecular flexibility index (Phi) is 24.4. The van der Waals surface area contributed by atoms with E-state index in [2.05, 4.69) is 57.3 Å². The van der Waals surface area contributed by atoms with Crippen LogP contribution < -0.4 is 0 Å². The summed E-state index contributed by atoms with van der Waals surface area (Å²) < 4.78 is 2.28. The van der Waals surface area contributed by atoms with Gasteiger partial charge in [-0.25, -0.2) is 0 Å². The summed E-state index contributed by atoms with van der Waals surface area (Å²) in [5.74, 6) is 1.12. The fourth-order valence-corrected chi connectivity index (χ4v) is 1.22. The molecule has 0 fully saturated rings. The largest absolute Gasteiger partial charge is 0.122 e. The van der Waals surface area contributed by atoms with Crippen molar-refractivity contribution in [3.8, 4) is 0 Å². The second-order valence-corrected chi connectivity index (χ2v) is 3.94. The van der Waals surface area contributed by atoms with Crippen molar-refractivity contribution in [2.24, 2.45) is 0 Å². The molecule has 4 heteroatoms. The number of rotatable bonds is 4. The van der Waals surface area contributed by atoms with E-state index >= 15 is 0 Å². The Morgan fingerprint density at radius 3 is 1.25 bits per heavy atom. The summed E-state index contributed by atoms with van der Waals surface area (Å²) in [6.07, 6.45) is 7.95. The van der Waals surface area contributed by atoms with E-state index in [0.717, 1.165) is 8.86 Å². The zero-order valence-electron chi connectivity index (χ0n) is 6.65. The number of alkyl halides is 4. The molecule has 0 rings (SSSR count). The predicted molar refractivity (Wildman–Crippen MR) is 77.5 cm³/mol. The van der Waals surface area contributed by atoms with Crippen LogP contribution in [-0.4, -0.2) is 20.6 Å². The summed E-state index contributed by atoms with van der Waals surface area (Å²) in [7, 11) is 0. The van der Waals surface area contributed by atoms with Gasteiger partial charge < -0.3 is 0 Å². The van der Waals surface area contributed by atoms with Crippen LogP contribution in [0.25, 0.3) is 0 Å². The molecule has 0 aliphatic rings. The van der Waals surface area contributed by atoms with E-state index in [-0.39, 0.29) is 0 Å². The molecule has 0 saturated heterocycles. The second kappa shape index (κ2) is 18.3. The molecule has 0 spiro atoms. The molecule has 0 atom stereocenters. The van der Waals surface area contributed by atoms with E-state index in [1.54, 1.807) is 0 Å². The molecule has 0 nitrogen and oxygen atoms in total. The molecule has 0 unspecified atom stereocenters. The van der Waals surface area contributed by atoms with Gasteiger partial charge in [-0.05, 0) is 0 Å². The van der Waals surface area contributed by atoms with E-state index in [1.165, 1.54) is 0 Å². The van der Waals surface area contributed by atoms with Crippen molar-refractivity contribution < 1.29 is 0 Å². The van der Waals surface area contributed by atoms with E-state index in [0.29, 0.717) is 11.8 Å². The number of hydrogen-bond donors (Lipinski definition) is 0. The van der Waals surface area contributed by atoms with Crippen molar-refractivity contribution in [1.29, 1.82) is 0 Å². The van der Waals surface area contributed by atoms with Gasteiger partial charge in [0.25, 0.3) is 0 Å². The summed E-state index contributed by atoms with van der Waals surface area (Å²) in [6.45, 7) is 0. The van der Waals surface area contributed by atoms with Crippen LogP contribution in [0.5, 0.6) is 0 Å². The molecule has 0 heterocycles. The number of hydrogen-bond acceptors (Lipinski definition) is 0. The van der Waals surface area contributed by atoms with Gasteiger partial charge in [0, 0.05) is 20.6 Å². The first-order valence-electron chi connectivity index (χ1n) is 3.37. The lowest BCUT2D eigenvalue weighted by Crippen LogP contribution is -1.60. The van der Waals surface area contributed by atoms with Gasteiger partial charge in [-0.15, -0.1) is 23.2 Å². The Hall–Kier alpha value is 1.52. The number of halogens is 4. The van der Waals surface area contributed by atoms with Gasteiger partial charge in [0.05, 0.1) is 0 Å². The average Bonchev–Trinajstić information content (AvgIpc) is 2.12. The minimum absolute atomic E-state index is 0.562. The standard InChI is InChI=1S/C4H6Cl2.C4H6I2/c2*5-3-1-2-4-6/h2*1-2H,3-4H2/b2*2-1+. The highest BCUT2D eigenvalue weighted by Crippen LogP contribution is 1.85. The maximum absolute atomic E-state index is 5.23. The second-order valence-electron chi connectivity index (χ2n) is 1.56. The van der Waals surface area contributed by atoms with Crippen LogP contribution >= 0.6 is 68.4 Å². The SMILES string of the molecule is ClC/C=C/CCl.IC/C=C/CI. The van der Waals surface area contributed by atoms with Gasteiger partial charge in [0.1, 0.15) is 0 Å². The molecule has 0 aromatic rings. The molecule has 12 heavy (non-hydrogen) atoms. The van der Waals surface area contributed by atoms with Crippen LogP contribution in [0, 0.1) is 0 Å². The monoisotopic (exact) mass is 432 g/mol. The molecule has 72 valence electrons. The molecule has 0 aromatic heterocycles. The topological polar surface area (TPSA) is 0 Å². The minimum Gasteiger partial charge on any atom is -0.122 e. The van der Waals surface area contributed by atoms with Crippen LogP contribution in [0.2, 0.25) is 0 Å². The molecule has 0 aliphatic carbocycles. The summed E-state index contributed by atoms with van der Waals surface area (Å²) >= 11 is 15.1. The Morgan fingerprint density at radius 2 is 1.08 bits per heavy atom. The zero-order valence-corrected chi connectivity index (χ0v) is 12.5. The highest BCUT2D eigenvalue weighted by Gasteiger charge is 1.63. The normalized spacial score (nSPS) is 10.3. The smallest absolute Gasteiger partial charge is 0.0404 e. The fraction of sp³-hybridized carbons (Fsp3) is 0.500. The third-order valence-electron chi connectivity index (χ3n) is 0.690. The summed E-state index contributed by atoms with van der Waals surface area (Å²) in [6, 6.07) is 0. The minimum atomic E-state index is 0.562. The van der Waals surface area contributed by atoms with Crippen molar-refractivity contribution >= 4 is 68.4 Å². The van der Waals surface area contributed by atoms with E-state index < -0.39 is 0 Å². The molecule has 0 radical (unpaired) electrons. The Bertz CT molecular complexity index is 87.6. The third-order valence-corrected chi connectivity index (χ3v) is 2.06.